The van der Waals surface area contributed by atoms with E-state index in [2.05, 4.69) is 42.8 Å². The molecule has 0 unspecified atom stereocenters. The Morgan fingerprint density at radius 2 is 1.76 bits per heavy atom. The van der Waals surface area contributed by atoms with E-state index in [-0.39, 0.29) is 0 Å². The van der Waals surface area contributed by atoms with Crippen LogP contribution >= 0.6 is 0 Å². The van der Waals surface area contributed by atoms with Crippen molar-refractivity contribution in [2.45, 2.75) is 26.8 Å². The van der Waals surface area contributed by atoms with E-state index >= 15 is 0 Å². The fraction of sp³-hybridized carbons (Fsp3) is 0.179. The van der Waals surface area contributed by atoms with Crippen LogP contribution in [0.2, 0.25) is 0 Å². The number of nitrogens with one attached hydrogen (secondary N) is 3. The Labute approximate surface area is 223 Å². The monoisotopic (exact) mass is 510 g/mol. The summed E-state index contributed by atoms with van der Waals surface area (Å²) in [5.74, 6) is 6.45. The average molecular weight is 511 g/mol. The molecule has 0 aliphatic carbocycles. The van der Waals surface area contributed by atoms with E-state index in [0.717, 1.165) is 28.2 Å². The van der Waals surface area contributed by atoms with Gasteiger partial charge in [-0.05, 0) is 41.5 Å². The fourth-order valence-electron chi connectivity index (χ4n) is 3.60. The van der Waals surface area contributed by atoms with Gasteiger partial charge in [0, 0.05) is 48.9 Å². The molecule has 0 saturated carbocycles. The minimum Gasteiger partial charge on any atom is -0.385 e. The van der Waals surface area contributed by atoms with Crippen molar-refractivity contribution in [3.63, 3.8) is 0 Å². The lowest BCUT2D eigenvalue weighted by Gasteiger charge is -2.19. The summed E-state index contributed by atoms with van der Waals surface area (Å²) in [7, 11) is 1.87. The number of nitrogens with two attached hydrogens (primary N) is 2. The van der Waals surface area contributed by atoms with Gasteiger partial charge >= 0.3 is 0 Å². The van der Waals surface area contributed by atoms with Crippen molar-refractivity contribution >= 4 is 41.0 Å². The van der Waals surface area contributed by atoms with Gasteiger partial charge in [-0.1, -0.05) is 56.3 Å². The molecule has 0 amide bonds. The second kappa shape index (κ2) is 13.9. The zero-order valence-electron chi connectivity index (χ0n) is 21.9. The van der Waals surface area contributed by atoms with Crippen molar-refractivity contribution in [1.29, 1.82) is 5.41 Å². The van der Waals surface area contributed by atoms with Crippen LogP contribution in [0.15, 0.2) is 84.2 Å². The van der Waals surface area contributed by atoms with E-state index < -0.39 is 0 Å². The number of anilines is 5. The van der Waals surface area contributed by atoms with Gasteiger partial charge in [-0.25, -0.2) is 9.97 Å². The Bertz CT molecular complexity index is 1350. The lowest BCUT2D eigenvalue weighted by atomic mass is 10.1. The third-order valence-corrected chi connectivity index (χ3v) is 5.50. The van der Waals surface area contributed by atoms with Crippen molar-refractivity contribution in [1.82, 2.24) is 15.0 Å². The van der Waals surface area contributed by atoms with Gasteiger partial charge in [0.25, 0.3) is 0 Å². The summed E-state index contributed by atoms with van der Waals surface area (Å²) in [6.07, 6.45) is 3.24. The highest BCUT2D eigenvalue weighted by molar-refractivity contribution is 5.88. The largest absolute Gasteiger partial charge is 0.385 e. The van der Waals surface area contributed by atoms with Crippen molar-refractivity contribution < 1.29 is 0 Å². The maximum Gasteiger partial charge on any atom is 0.234 e. The third-order valence-electron chi connectivity index (χ3n) is 5.50. The lowest BCUT2D eigenvalue weighted by Crippen LogP contribution is -2.17. The summed E-state index contributed by atoms with van der Waals surface area (Å²) in [5, 5.41) is 18.0. The predicted octanol–water partition coefficient (Wildman–Crippen LogP) is 4.79. The Hall–Kier alpha value is -4.99. The fourth-order valence-corrected chi connectivity index (χ4v) is 3.60. The van der Waals surface area contributed by atoms with Crippen molar-refractivity contribution in [2.24, 2.45) is 16.7 Å². The van der Waals surface area contributed by atoms with Crippen molar-refractivity contribution in [2.75, 3.05) is 22.6 Å². The Morgan fingerprint density at radius 3 is 2.50 bits per heavy atom. The van der Waals surface area contributed by atoms with Crippen LogP contribution in [0.4, 0.5) is 29.0 Å². The maximum atomic E-state index is 7.88. The molecule has 10 nitrogen and oxygen atoms in total. The normalized spacial score (nSPS) is 10.7. The molecular weight excluding hydrogens is 476 g/mol. The molecule has 0 atom stereocenters. The number of hydrogen-bond acceptors (Lipinski definition) is 9. The van der Waals surface area contributed by atoms with Crippen LogP contribution < -0.4 is 27.1 Å². The summed E-state index contributed by atoms with van der Waals surface area (Å²) in [6.45, 7) is 4.67. The van der Waals surface area contributed by atoms with Crippen LogP contribution in [0.1, 0.15) is 30.5 Å². The first kappa shape index (κ1) is 27.6. The van der Waals surface area contributed by atoms with E-state index in [1.165, 1.54) is 18.1 Å². The van der Waals surface area contributed by atoms with Crippen LogP contribution in [0, 0.1) is 5.41 Å². The molecule has 3 aromatic carbocycles. The second-order valence-corrected chi connectivity index (χ2v) is 8.05. The average Bonchev–Trinajstić information content (AvgIpc) is 2.97. The Balaban J connectivity index is 0.00000195. The number of benzene rings is 3. The molecule has 4 aromatic rings. The number of amidine groups is 1. The van der Waals surface area contributed by atoms with Gasteiger partial charge in [-0.15, -0.1) is 0 Å². The van der Waals surface area contributed by atoms with E-state index in [4.69, 9.17) is 17.0 Å². The SMILES string of the molecule is CC.CN(c1ccc(NCc2ccccc2)c(C=N)c1)c1ncnc(Nc2cccc(C/C(N)=N/N)c2)n1. The molecule has 0 radical (unpaired) electrons. The van der Waals surface area contributed by atoms with Crippen LogP contribution in [-0.2, 0) is 13.0 Å². The summed E-state index contributed by atoms with van der Waals surface area (Å²) in [5.41, 5.74) is 11.1. The summed E-state index contributed by atoms with van der Waals surface area (Å²) in [4.78, 5) is 15.0. The van der Waals surface area contributed by atoms with Gasteiger partial charge in [-0.3, -0.25) is 0 Å². The highest BCUT2D eigenvalue weighted by Gasteiger charge is 2.12. The van der Waals surface area contributed by atoms with Crippen molar-refractivity contribution in [3.05, 3.63) is 95.8 Å². The molecule has 0 saturated heterocycles. The number of hydrogen-bond donors (Lipinski definition) is 5. The standard InChI is InChI=1S/C26H28N10.C2H6/c1-36(22-10-11-23(20(14-22)15-27)30-16-18-6-3-2-4-7-18)26-32-17-31-25(34-26)33-21-9-5-8-19(12-21)13-24(28)35-29;1-2/h2-12,14-15,17,27,30H,13,16,29H2,1H3,(H2,28,35)(H,31,32,33,34);1-2H3. The van der Waals surface area contributed by atoms with Gasteiger partial charge < -0.3 is 32.5 Å². The van der Waals surface area contributed by atoms with E-state index in [0.29, 0.717) is 30.7 Å². The summed E-state index contributed by atoms with van der Waals surface area (Å²) < 4.78 is 0. The molecule has 0 bridgehead atoms. The van der Waals surface area contributed by atoms with Crippen molar-refractivity contribution in [3.8, 4) is 0 Å². The number of hydrazone groups is 1. The van der Waals surface area contributed by atoms with Crippen LogP contribution in [0.25, 0.3) is 0 Å². The maximum absolute atomic E-state index is 7.88. The molecule has 7 N–H and O–H groups in total. The number of rotatable bonds is 10. The molecular formula is C28H34N10. The predicted molar refractivity (Wildman–Crippen MR) is 157 cm³/mol. The van der Waals surface area contributed by atoms with Gasteiger partial charge in [0.1, 0.15) is 12.2 Å². The number of nitrogens with zero attached hydrogens (tertiary/aromatic N) is 5. The van der Waals surface area contributed by atoms with Gasteiger partial charge in [0.2, 0.25) is 11.9 Å². The first-order chi connectivity index (χ1) is 18.6. The van der Waals surface area contributed by atoms with Gasteiger partial charge in [0.05, 0.1) is 0 Å². The molecule has 4 rings (SSSR count). The Kier molecular flexibility index (Phi) is 10.1. The molecule has 0 aliphatic heterocycles. The van der Waals surface area contributed by atoms with E-state index in [1.54, 1.807) is 0 Å². The molecule has 0 fully saturated rings. The third kappa shape index (κ3) is 7.50. The van der Waals surface area contributed by atoms with Crippen LogP contribution in [-0.4, -0.2) is 34.0 Å². The van der Waals surface area contributed by atoms with Gasteiger partial charge in [0.15, 0.2) is 0 Å². The first-order valence-electron chi connectivity index (χ1n) is 12.3. The van der Waals surface area contributed by atoms with Gasteiger partial charge in [-0.2, -0.15) is 10.1 Å². The molecule has 1 heterocycles. The molecule has 0 aliphatic rings. The molecule has 1 aromatic heterocycles. The Morgan fingerprint density at radius 1 is 1.00 bits per heavy atom. The first-order valence-corrected chi connectivity index (χ1v) is 12.3. The quantitative estimate of drug-likeness (QED) is 0.0883. The molecule has 38 heavy (non-hydrogen) atoms. The minimum absolute atomic E-state index is 0.349. The highest BCUT2D eigenvalue weighted by atomic mass is 15.3. The van der Waals surface area contributed by atoms with Crippen LogP contribution in [0.5, 0.6) is 0 Å². The zero-order chi connectivity index (χ0) is 27.3. The summed E-state index contributed by atoms with van der Waals surface area (Å²) >= 11 is 0. The topological polar surface area (TPSA) is 154 Å². The van der Waals surface area contributed by atoms with E-state index in [1.807, 2.05) is 86.5 Å². The molecule has 196 valence electrons. The lowest BCUT2D eigenvalue weighted by molar-refractivity contribution is 0.990. The van der Waals surface area contributed by atoms with E-state index in [9.17, 15) is 0 Å². The molecule has 10 heteroatoms. The smallest absolute Gasteiger partial charge is 0.234 e. The second-order valence-electron chi connectivity index (χ2n) is 8.05. The summed E-state index contributed by atoms with van der Waals surface area (Å²) in [6, 6.07) is 23.7. The van der Waals surface area contributed by atoms with Crippen LogP contribution in [0.3, 0.4) is 0 Å². The zero-order valence-corrected chi connectivity index (χ0v) is 21.9. The molecule has 0 spiro atoms. The highest BCUT2D eigenvalue weighted by Crippen LogP contribution is 2.26. The number of aromatic nitrogens is 3. The minimum atomic E-state index is 0.349.